The monoisotopic (exact) mass is 327 g/mol. The lowest BCUT2D eigenvalue weighted by Gasteiger charge is -2.09. The molecular formula is C11H9N3O3S3. The number of aryl methyl sites for hydroxylation is 1. The minimum atomic E-state index is -4.39. The zero-order valence-electron chi connectivity index (χ0n) is 10.2. The van der Waals surface area contributed by atoms with Gasteiger partial charge in [0.25, 0.3) is 10.1 Å². The van der Waals surface area contributed by atoms with E-state index in [2.05, 4.69) is 22.1 Å². The van der Waals surface area contributed by atoms with E-state index in [-0.39, 0.29) is 4.90 Å². The van der Waals surface area contributed by atoms with Crippen LogP contribution in [-0.2, 0) is 10.1 Å². The molecule has 0 aliphatic heterocycles. The zero-order valence-corrected chi connectivity index (χ0v) is 12.7. The maximum atomic E-state index is 11.5. The molecule has 2 rings (SSSR count). The molecular weight excluding hydrogens is 318 g/mol. The minimum Gasteiger partial charge on any atom is -0.282 e. The molecule has 0 fully saturated rings. The highest BCUT2D eigenvalue weighted by molar-refractivity contribution is 7.98. The van der Waals surface area contributed by atoms with Crippen LogP contribution in [0.1, 0.15) is 5.56 Å². The molecule has 0 aromatic heterocycles. The van der Waals surface area contributed by atoms with Crippen molar-refractivity contribution in [1.29, 1.82) is 0 Å². The quantitative estimate of drug-likeness (QED) is 0.222. The first kappa shape index (κ1) is 15.0. The van der Waals surface area contributed by atoms with Crippen LogP contribution >= 0.6 is 24.6 Å². The van der Waals surface area contributed by atoms with Crippen molar-refractivity contribution in [2.75, 3.05) is 0 Å². The third-order valence-electron chi connectivity index (χ3n) is 2.59. The van der Waals surface area contributed by atoms with Gasteiger partial charge in [0, 0.05) is 20.1 Å². The molecule has 0 bridgehead atoms. The predicted molar refractivity (Wildman–Crippen MR) is 80.8 cm³/mol. The first-order chi connectivity index (χ1) is 9.32. The Hall–Kier alpha value is -1.38. The van der Waals surface area contributed by atoms with Crippen molar-refractivity contribution >= 4 is 45.5 Å². The van der Waals surface area contributed by atoms with Gasteiger partial charge in [0.1, 0.15) is 4.90 Å². The van der Waals surface area contributed by atoms with Gasteiger partial charge >= 0.3 is 0 Å². The standard InChI is InChI=1S/C11H9N3O3S3/c1-6-2-9-8(10(18)3-6)4-7(19-14-13-12)5-11(9)20(15,16)17/h2-5,18H,1H3,(H,15,16,17). The Morgan fingerprint density at radius 1 is 1.30 bits per heavy atom. The van der Waals surface area contributed by atoms with E-state index < -0.39 is 10.1 Å². The summed E-state index contributed by atoms with van der Waals surface area (Å²) < 4.78 is 35.7. The van der Waals surface area contributed by atoms with Crippen molar-refractivity contribution in [3.8, 4) is 0 Å². The van der Waals surface area contributed by atoms with Crippen molar-refractivity contribution in [1.82, 2.24) is 0 Å². The Balaban J connectivity index is 2.88. The molecule has 1 N–H and O–H groups in total. The molecule has 20 heavy (non-hydrogen) atoms. The summed E-state index contributed by atoms with van der Waals surface area (Å²) in [5, 5.41) is 0.937. The molecule has 104 valence electrons. The van der Waals surface area contributed by atoms with Gasteiger partial charge in [-0.15, -0.1) is 12.6 Å². The lowest BCUT2D eigenvalue weighted by atomic mass is 10.1. The molecule has 0 heterocycles. The second-order valence-corrected chi connectivity index (χ2v) is 6.73. The normalized spacial score (nSPS) is 11.3. The van der Waals surface area contributed by atoms with Gasteiger partial charge in [0.05, 0.1) is 0 Å². The van der Waals surface area contributed by atoms with Crippen molar-refractivity contribution in [3.05, 3.63) is 40.3 Å². The lowest BCUT2D eigenvalue weighted by Crippen LogP contribution is -2.00. The molecule has 0 unspecified atom stereocenters. The maximum absolute atomic E-state index is 11.5. The summed E-state index contributed by atoms with van der Waals surface area (Å²) in [6.45, 7) is 1.80. The van der Waals surface area contributed by atoms with Crippen molar-refractivity contribution in [3.63, 3.8) is 0 Å². The summed E-state index contributed by atoms with van der Waals surface area (Å²) in [6, 6.07) is 6.36. The van der Waals surface area contributed by atoms with Gasteiger partial charge in [-0.2, -0.15) is 8.42 Å². The van der Waals surface area contributed by atoms with Crippen molar-refractivity contribution < 1.29 is 13.0 Å². The Labute approximate surface area is 125 Å². The van der Waals surface area contributed by atoms with Gasteiger partial charge in [-0.3, -0.25) is 4.55 Å². The average Bonchev–Trinajstić information content (AvgIpc) is 2.34. The number of hydrogen-bond acceptors (Lipinski definition) is 5. The number of hydrogen-bond donors (Lipinski definition) is 2. The van der Waals surface area contributed by atoms with Crippen LogP contribution in [0.25, 0.3) is 21.2 Å². The van der Waals surface area contributed by atoms with Crippen LogP contribution in [0.5, 0.6) is 0 Å². The average molecular weight is 327 g/mol. The number of rotatable bonds is 3. The predicted octanol–water partition coefficient (Wildman–Crippen LogP) is 4.00. The third kappa shape index (κ3) is 3.02. The van der Waals surface area contributed by atoms with Gasteiger partial charge in [0.2, 0.25) is 0 Å². The van der Waals surface area contributed by atoms with Gasteiger partial charge in [-0.25, -0.2) is 0 Å². The SMILES string of the molecule is Cc1cc(S)c2cc(SN=[N+]=[N-])cc(S(=O)(=O)O)c2c1. The Kier molecular flexibility index (Phi) is 4.17. The minimum absolute atomic E-state index is 0.232. The van der Waals surface area contributed by atoms with E-state index in [0.29, 0.717) is 20.6 Å². The molecule has 0 saturated carbocycles. The number of benzene rings is 2. The van der Waals surface area contributed by atoms with Crippen LogP contribution in [0.3, 0.4) is 0 Å². The summed E-state index contributed by atoms with van der Waals surface area (Å²) in [5.74, 6) is 0. The molecule has 0 amide bonds. The highest BCUT2D eigenvalue weighted by Gasteiger charge is 2.17. The van der Waals surface area contributed by atoms with Gasteiger partial charge < -0.3 is 0 Å². The summed E-state index contributed by atoms with van der Waals surface area (Å²) in [6.07, 6.45) is 0. The van der Waals surface area contributed by atoms with E-state index in [4.69, 9.17) is 5.53 Å². The smallest absolute Gasteiger partial charge is 0.282 e. The first-order valence-electron chi connectivity index (χ1n) is 5.29. The van der Waals surface area contributed by atoms with E-state index in [1.165, 1.54) is 6.07 Å². The molecule has 0 atom stereocenters. The molecule has 0 spiro atoms. The Bertz CT molecular complexity index is 843. The van der Waals surface area contributed by atoms with E-state index in [1.54, 1.807) is 25.1 Å². The molecule has 9 heteroatoms. The van der Waals surface area contributed by atoms with Crippen LogP contribution < -0.4 is 0 Å². The second kappa shape index (κ2) is 5.55. The fraction of sp³-hybridized carbons (Fsp3) is 0.0909. The van der Waals surface area contributed by atoms with Gasteiger partial charge in [-0.1, -0.05) is 0 Å². The third-order valence-corrected chi connectivity index (χ3v) is 4.45. The summed E-state index contributed by atoms with van der Waals surface area (Å²) in [4.78, 5) is 3.35. The first-order valence-corrected chi connectivity index (χ1v) is 7.95. The Morgan fingerprint density at radius 2 is 2.00 bits per heavy atom. The van der Waals surface area contributed by atoms with Crippen LogP contribution in [0.4, 0.5) is 0 Å². The number of thiol groups is 1. The molecule has 0 saturated heterocycles. The molecule has 6 nitrogen and oxygen atoms in total. The topological polar surface area (TPSA) is 103 Å². The van der Waals surface area contributed by atoms with Gasteiger partial charge in [-0.05, 0) is 64.1 Å². The largest absolute Gasteiger partial charge is 0.295 e. The molecule has 2 aromatic rings. The summed E-state index contributed by atoms with van der Waals surface area (Å²) in [5.41, 5.74) is 9.14. The van der Waals surface area contributed by atoms with E-state index >= 15 is 0 Å². The van der Waals surface area contributed by atoms with Crippen LogP contribution in [0.2, 0.25) is 0 Å². The molecule has 0 aliphatic carbocycles. The summed E-state index contributed by atoms with van der Waals surface area (Å²) in [7, 11) is -4.39. The van der Waals surface area contributed by atoms with Crippen molar-refractivity contribution in [2.45, 2.75) is 21.6 Å². The highest BCUT2D eigenvalue weighted by atomic mass is 32.2. The Morgan fingerprint density at radius 3 is 2.60 bits per heavy atom. The lowest BCUT2D eigenvalue weighted by molar-refractivity contribution is 0.484. The molecule has 0 radical (unpaired) electrons. The van der Waals surface area contributed by atoms with Crippen LogP contribution in [0.15, 0.2) is 43.5 Å². The zero-order chi connectivity index (χ0) is 14.9. The fourth-order valence-electron chi connectivity index (χ4n) is 1.86. The highest BCUT2D eigenvalue weighted by Crippen LogP contribution is 2.34. The van der Waals surface area contributed by atoms with E-state index in [1.807, 2.05) is 0 Å². The number of fused-ring (bicyclic) bond motifs is 1. The van der Waals surface area contributed by atoms with Crippen LogP contribution in [0, 0.1) is 6.92 Å². The number of nitrogens with zero attached hydrogens (tertiary/aromatic N) is 3. The number of azide groups is 1. The van der Waals surface area contributed by atoms with E-state index in [0.717, 1.165) is 17.5 Å². The summed E-state index contributed by atoms with van der Waals surface area (Å²) >= 11 is 5.09. The fourth-order valence-corrected chi connectivity index (χ4v) is 3.51. The molecule has 0 aliphatic rings. The maximum Gasteiger partial charge on any atom is 0.295 e. The molecule has 2 aromatic carbocycles. The van der Waals surface area contributed by atoms with E-state index in [9.17, 15) is 13.0 Å². The van der Waals surface area contributed by atoms with Crippen LogP contribution in [-0.4, -0.2) is 13.0 Å². The second-order valence-electron chi connectivity index (χ2n) is 4.04. The van der Waals surface area contributed by atoms with Gasteiger partial charge in [0.15, 0.2) is 0 Å². The van der Waals surface area contributed by atoms with Crippen molar-refractivity contribution in [2.24, 2.45) is 4.52 Å².